The summed E-state index contributed by atoms with van der Waals surface area (Å²) in [6.45, 7) is 5.98. The number of sulfonamides is 1. The summed E-state index contributed by atoms with van der Waals surface area (Å²) in [6.07, 6.45) is 2.59. The molecule has 1 N–H and O–H groups in total. The Morgan fingerprint density at radius 2 is 1.86 bits per heavy atom. The maximum Gasteiger partial charge on any atom is 0.211 e. The van der Waals surface area contributed by atoms with Gasteiger partial charge in [-0.2, -0.15) is 0 Å². The van der Waals surface area contributed by atoms with Crippen molar-refractivity contribution in [1.82, 2.24) is 9.62 Å². The number of rotatable bonds is 8. The number of nitrogens with zero attached hydrogens (tertiary/aromatic N) is 1. The van der Waals surface area contributed by atoms with E-state index < -0.39 is 10.0 Å². The average Bonchev–Trinajstić information content (AvgIpc) is 3.00. The molecular formula is C15H24N2O3S. The van der Waals surface area contributed by atoms with Crippen molar-refractivity contribution in [3.63, 3.8) is 0 Å². The molecule has 1 aromatic rings. The Balaban J connectivity index is 1.73. The first kappa shape index (κ1) is 16.3. The molecule has 2 rings (SSSR count). The van der Waals surface area contributed by atoms with Crippen LogP contribution in [0.5, 0.6) is 5.75 Å². The lowest BCUT2D eigenvalue weighted by Crippen LogP contribution is -2.25. The largest absolute Gasteiger partial charge is 0.492 e. The van der Waals surface area contributed by atoms with Gasteiger partial charge in [0.15, 0.2) is 0 Å². The van der Waals surface area contributed by atoms with E-state index in [9.17, 15) is 8.42 Å². The van der Waals surface area contributed by atoms with Gasteiger partial charge in [-0.05, 0) is 50.6 Å². The van der Waals surface area contributed by atoms with Gasteiger partial charge in [0, 0.05) is 13.1 Å². The van der Waals surface area contributed by atoms with Gasteiger partial charge in [0.2, 0.25) is 10.0 Å². The van der Waals surface area contributed by atoms with Crippen LogP contribution in [0.4, 0.5) is 0 Å². The summed E-state index contributed by atoms with van der Waals surface area (Å²) in [6, 6.07) is 7.56. The molecular weight excluding hydrogens is 288 g/mol. The van der Waals surface area contributed by atoms with Crippen molar-refractivity contribution in [2.75, 3.05) is 32.0 Å². The molecule has 0 aromatic heterocycles. The highest BCUT2D eigenvalue weighted by atomic mass is 32.2. The molecule has 0 atom stereocenters. The minimum atomic E-state index is -3.14. The molecule has 1 aromatic carbocycles. The summed E-state index contributed by atoms with van der Waals surface area (Å²) in [4.78, 5) is 2.41. The molecule has 6 heteroatoms. The number of hydrogen-bond donors (Lipinski definition) is 1. The number of nitrogens with one attached hydrogen (secondary N) is 1. The summed E-state index contributed by atoms with van der Waals surface area (Å²) in [5, 5.41) is 0. The number of hydrogen-bond acceptors (Lipinski definition) is 4. The van der Waals surface area contributed by atoms with Crippen LogP contribution in [0.1, 0.15) is 25.3 Å². The number of ether oxygens (including phenoxy) is 1. The Labute approximate surface area is 127 Å². The lowest BCUT2D eigenvalue weighted by atomic mass is 10.2. The third-order valence-electron chi connectivity index (χ3n) is 3.67. The molecule has 0 amide bonds. The summed E-state index contributed by atoms with van der Waals surface area (Å²) >= 11 is 0. The smallest absolute Gasteiger partial charge is 0.211 e. The van der Waals surface area contributed by atoms with Crippen molar-refractivity contribution in [3.05, 3.63) is 29.8 Å². The van der Waals surface area contributed by atoms with E-state index in [0.29, 0.717) is 13.2 Å². The second-order valence-corrected chi connectivity index (χ2v) is 7.36. The highest BCUT2D eigenvalue weighted by molar-refractivity contribution is 7.89. The third kappa shape index (κ3) is 5.65. The van der Waals surface area contributed by atoms with E-state index in [1.54, 1.807) is 6.92 Å². The van der Waals surface area contributed by atoms with Gasteiger partial charge < -0.3 is 4.74 Å². The molecule has 1 aliphatic heterocycles. The van der Waals surface area contributed by atoms with Gasteiger partial charge >= 0.3 is 0 Å². The fourth-order valence-electron chi connectivity index (χ4n) is 2.30. The van der Waals surface area contributed by atoms with E-state index in [1.165, 1.54) is 25.9 Å². The first-order chi connectivity index (χ1) is 10.1. The Hall–Kier alpha value is -1.11. The predicted octanol–water partition coefficient (Wildman–Crippen LogP) is 1.60. The quantitative estimate of drug-likeness (QED) is 0.792. The third-order valence-corrected chi connectivity index (χ3v) is 5.02. The molecule has 1 saturated heterocycles. The van der Waals surface area contributed by atoms with Gasteiger partial charge in [0.05, 0.1) is 5.75 Å². The molecule has 0 bridgehead atoms. The van der Waals surface area contributed by atoms with Crippen LogP contribution in [0.25, 0.3) is 0 Å². The fraction of sp³-hybridized carbons (Fsp3) is 0.600. The molecule has 0 unspecified atom stereocenters. The van der Waals surface area contributed by atoms with Crippen molar-refractivity contribution < 1.29 is 13.2 Å². The van der Waals surface area contributed by atoms with E-state index in [-0.39, 0.29) is 5.75 Å². The lowest BCUT2D eigenvalue weighted by molar-refractivity contribution is 0.238. The van der Waals surface area contributed by atoms with E-state index in [2.05, 4.69) is 9.62 Å². The zero-order chi connectivity index (χ0) is 15.1. The highest BCUT2D eigenvalue weighted by Crippen LogP contribution is 2.13. The molecule has 21 heavy (non-hydrogen) atoms. The fourth-order valence-corrected chi connectivity index (χ4v) is 2.89. The van der Waals surface area contributed by atoms with Crippen molar-refractivity contribution in [2.24, 2.45) is 0 Å². The van der Waals surface area contributed by atoms with Crippen LogP contribution in [0, 0.1) is 0 Å². The standard InChI is InChI=1S/C15H24N2O3S/c1-2-21(18,19)16-13-14-5-7-15(8-6-14)20-12-11-17-9-3-4-10-17/h5-8,16H,2-4,9-13H2,1H3. The van der Waals surface area contributed by atoms with Crippen molar-refractivity contribution >= 4 is 10.0 Å². The Kier molecular flexibility index (Phi) is 6.02. The first-order valence-corrected chi connectivity index (χ1v) is 9.16. The van der Waals surface area contributed by atoms with Crippen molar-refractivity contribution in [2.45, 2.75) is 26.3 Å². The molecule has 1 heterocycles. The predicted molar refractivity (Wildman–Crippen MR) is 83.9 cm³/mol. The molecule has 0 aliphatic carbocycles. The molecule has 5 nitrogen and oxygen atoms in total. The Morgan fingerprint density at radius 1 is 1.19 bits per heavy atom. The maximum atomic E-state index is 11.4. The monoisotopic (exact) mass is 312 g/mol. The van der Waals surface area contributed by atoms with Gasteiger partial charge in [0.25, 0.3) is 0 Å². The van der Waals surface area contributed by atoms with Crippen molar-refractivity contribution in [1.29, 1.82) is 0 Å². The number of likely N-dealkylation sites (tertiary alicyclic amines) is 1. The summed E-state index contributed by atoms with van der Waals surface area (Å²) < 4.78 is 31.0. The summed E-state index contributed by atoms with van der Waals surface area (Å²) in [5.41, 5.74) is 0.930. The summed E-state index contributed by atoms with van der Waals surface area (Å²) in [5.74, 6) is 0.932. The van der Waals surface area contributed by atoms with Crippen LogP contribution in [0.2, 0.25) is 0 Å². The molecule has 1 fully saturated rings. The topological polar surface area (TPSA) is 58.6 Å². The number of benzene rings is 1. The zero-order valence-corrected chi connectivity index (χ0v) is 13.4. The second kappa shape index (κ2) is 7.77. The minimum absolute atomic E-state index is 0.102. The Bertz CT molecular complexity index is 522. The molecule has 0 saturated carbocycles. The van der Waals surface area contributed by atoms with Gasteiger partial charge in [0.1, 0.15) is 12.4 Å². The van der Waals surface area contributed by atoms with Gasteiger partial charge in [-0.3, -0.25) is 4.90 Å². The van der Waals surface area contributed by atoms with Crippen LogP contribution in [-0.4, -0.2) is 45.3 Å². The summed E-state index contributed by atoms with van der Waals surface area (Å²) in [7, 11) is -3.14. The van der Waals surface area contributed by atoms with Crippen LogP contribution < -0.4 is 9.46 Å². The van der Waals surface area contributed by atoms with E-state index in [0.717, 1.165) is 17.9 Å². The molecule has 0 spiro atoms. The Morgan fingerprint density at radius 3 is 2.48 bits per heavy atom. The zero-order valence-electron chi connectivity index (χ0n) is 12.5. The van der Waals surface area contributed by atoms with Crippen LogP contribution in [0.15, 0.2) is 24.3 Å². The van der Waals surface area contributed by atoms with Crippen LogP contribution in [-0.2, 0) is 16.6 Å². The highest BCUT2D eigenvalue weighted by Gasteiger charge is 2.10. The van der Waals surface area contributed by atoms with Gasteiger partial charge in [-0.25, -0.2) is 13.1 Å². The van der Waals surface area contributed by atoms with Crippen LogP contribution >= 0.6 is 0 Å². The van der Waals surface area contributed by atoms with Gasteiger partial charge in [-0.1, -0.05) is 12.1 Å². The SMILES string of the molecule is CCS(=O)(=O)NCc1ccc(OCCN2CCCC2)cc1. The first-order valence-electron chi connectivity index (χ1n) is 7.50. The lowest BCUT2D eigenvalue weighted by Gasteiger charge is -2.15. The molecule has 118 valence electrons. The molecule has 0 radical (unpaired) electrons. The average molecular weight is 312 g/mol. The van der Waals surface area contributed by atoms with E-state index in [4.69, 9.17) is 4.74 Å². The van der Waals surface area contributed by atoms with E-state index in [1.807, 2.05) is 24.3 Å². The molecule has 1 aliphatic rings. The van der Waals surface area contributed by atoms with Crippen molar-refractivity contribution in [3.8, 4) is 5.75 Å². The van der Waals surface area contributed by atoms with E-state index >= 15 is 0 Å². The maximum absolute atomic E-state index is 11.4. The minimum Gasteiger partial charge on any atom is -0.492 e. The van der Waals surface area contributed by atoms with Crippen LogP contribution in [0.3, 0.4) is 0 Å². The normalized spacial score (nSPS) is 16.2. The van der Waals surface area contributed by atoms with Gasteiger partial charge in [-0.15, -0.1) is 0 Å². The second-order valence-electron chi connectivity index (χ2n) is 5.27.